The van der Waals surface area contributed by atoms with E-state index in [4.69, 9.17) is 9.47 Å². The topological polar surface area (TPSA) is 76.2 Å². The van der Waals surface area contributed by atoms with Crippen LogP contribution >= 0.6 is 11.8 Å². The van der Waals surface area contributed by atoms with Gasteiger partial charge in [0.05, 0.1) is 19.1 Å². The molecule has 2 aliphatic rings. The minimum absolute atomic E-state index is 0.191. The molecule has 0 spiro atoms. The molecule has 2 heterocycles. The Morgan fingerprint density at radius 1 is 1.10 bits per heavy atom. The maximum atomic E-state index is 12.9. The summed E-state index contributed by atoms with van der Waals surface area (Å²) in [6.45, 7) is 1.14. The molecule has 0 saturated carbocycles. The minimum Gasteiger partial charge on any atom is -0.497 e. The number of nitrogens with zero attached hydrogens (tertiary/aromatic N) is 2. The summed E-state index contributed by atoms with van der Waals surface area (Å²) in [7, 11) is 3.14. The van der Waals surface area contributed by atoms with Crippen LogP contribution in [0.4, 0.5) is 4.79 Å². The first kappa shape index (κ1) is 20.3. The fraction of sp³-hybridized carbons (Fsp3) is 0.318. The van der Waals surface area contributed by atoms with Crippen LogP contribution in [0.1, 0.15) is 18.4 Å². The van der Waals surface area contributed by atoms with E-state index in [1.165, 1.54) is 0 Å². The van der Waals surface area contributed by atoms with E-state index in [9.17, 15) is 14.4 Å². The molecule has 2 aromatic rings. The first-order valence-electron chi connectivity index (χ1n) is 9.69. The molecule has 0 aliphatic carbocycles. The van der Waals surface area contributed by atoms with Crippen LogP contribution in [0.15, 0.2) is 35.2 Å². The second-order valence-electron chi connectivity index (χ2n) is 7.12. The fourth-order valence-corrected chi connectivity index (χ4v) is 4.55. The molecule has 156 valence electrons. The van der Waals surface area contributed by atoms with E-state index in [-0.39, 0.29) is 17.4 Å². The van der Waals surface area contributed by atoms with Crippen molar-refractivity contribution in [1.29, 1.82) is 0 Å². The van der Waals surface area contributed by atoms with Gasteiger partial charge in [0.15, 0.2) is 0 Å². The maximum absolute atomic E-state index is 12.9. The van der Waals surface area contributed by atoms with E-state index in [0.717, 1.165) is 40.3 Å². The molecule has 0 unspecified atom stereocenters. The van der Waals surface area contributed by atoms with Crippen molar-refractivity contribution >= 4 is 45.7 Å². The van der Waals surface area contributed by atoms with Crippen LogP contribution in [0.2, 0.25) is 0 Å². The number of benzene rings is 2. The quantitative estimate of drug-likeness (QED) is 0.681. The molecule has 4 rings (SSSR count). The van der Waals surface area contributed by atoms with Crippen LogP contribution in [-0.4, -0.2) is 60.7 Å². The summed E-state index contributed by atoms with van der Waals surface area (Å²) >= 11 is 0.840. The summed E-state index contributed by atoms with van der Waals surface area (Å²) in [6.07, 6.45) is 3.57. The third-order valence-electron chi connectivity index (χ3n) is 5.35. The first-order valence-corrected chi connectivity index (χ1v) is 10.5. The number of methoxy groups -OCH3 is 2. The van der Waals surface area contributed by atoms with Crippen molar-refractivity contribution in [1.82, 2.24) is 9.80 Å². The zero-order chi connectivity index (χ0) is 21.3. The second-order valence-corrected chi connectivity index (χ2v) is 8.12. The minimum atomic E-state index is -0.459. The number of amides is 3. The Hall–Kier alpha value is -3.00. The lowest BCUT2D eigenvalue weighted by atomic mass is 10.0. The van der Waals surface area contributed by atoms with Gasteiger partial charge in [0.2, 0.25) is 5.91 Å². The second kappa shape index (κ2) is 8.39. The Morgan fingerprint density at radius 2 is 1.83 bits per heavy atom. The standard InChI is InChI=1S/C22H22N2O5S/c1-28-15-7-5-14-6-8-18(29-2)17(16(14)11-15)12-19-21(26)24(22(27)30-19)13-20(25)23-9-3-4-10-23/h5-8,11-12H,3-4,9-10,13H2,1-2H3/b19-12-. The molecule has 2 fully saturated rings. The molecule has 8 heteroatoms. The monoisotopic (exact) mass is 426 g/mol. The van der Waals surface area contributed by atoms with Crippen molar-refractivity contribution < 1.29 is 23.9 Å². The van der Waals surface area contributed by atoms with E-state index >= 15 is 0 Å². The van der Waals surface area contributed by atoms with Gasteiger partial charge in [-0.25, -0.2) is 0 Å². The first-order chi connectivity index (χ1) is 14.5. The van der Waals surface area contributed by atoms with Crippen LogP contribution in [-0.2, 0) is 9.59 Å². The van der Waals surface area contributed by atoms with Gasteiger partial charge < -0.3 is 14.4 Å². The summed E-state index contributed by atoms with van der Waals surface area (Å²) < 4.78 is 10.8. The van der Waals surface area contributed by atoms with Crippen LogP contribution in [0.3, 0.4) is 0 Å². The van der Waals surface area contributed by atoms with Gasteiger partial charge in [-0.3, -0.25) is 19.3 Å². The number of rotatable bonds is 5. The number of likely N-dealkylation sites (tertiary alicyclic amines) is 1. The lowest BCUT2D eigenvalue weighted by Gasteiger charge is -2.18. The Kier molecular flexibility index (Phi) is 5.67. The average molecular weight is 426 g/mol. The fourth-order valence-electron chi connectivity index (χ4n) is 3.72. The Morgan fingerprint density at radius 3 is 2.53 bits per heavy atom. The number of thioether (sulfide) groups is 1. The number of ether oxygens (including phenoxy) is 2. The van der Waals surface area contributed by atoms with Gasteiger partial charge in [0.1, 0.15) is 18.0 Å². The molecule has 30 heavy (non-hydrogen) atoms. The highest BCUT2D eigenvalue weighted by Gasteiger charge is 2.37. The van der Waals surface area contributed by atoms with Gasteiger partial charge in [-0.1, -0.05) is 12.1 Å². The van der Waals surface area contributed by atoms with E-state index in [2.05, 4.69) is 0 Å². The van der Waals surface area contributed by atoms with Gasteiger partial charge in [0.25, 0.3) is 11.1 Å². The van der Waals surface area contributed by atoms with Gasteiger partial charge in [-0.05, 0) is 59.7 Å². The molecular formula is C22H22N2O5S. The Bertz CT molecular complexity index is 1050. The van der Waals surface area contributed by atoms with Gasteiger partial charge in [0, 0.05) is 18.7 Å². The number of hydrogen-bond donors (Lipinski definition) is 0. The normalized spacial score (nSPS) is 18.0. The van der Waals surface area contributed by atoms with Crippen molar-refractivity contribution in [2.24, 2.45) is 0 Å². The third kappa shape index (κ3) is 3.75. The predicted octanol–water partition coefficient (Wildman–Crippen LogP) is 3.52. The highest BCUT2D eigenvalue weighted by atomic mass is 32.2. The lowest BCUT2D eigenvalue weighted by molar-refractivity contribution is -0.135. The summed E-state index contributed by atoms with van der Waals surface area (Å²) in [5.41, 5.74) is 0.685. The van der Waals surface area contributed by atoms with Crippen LogP contribution in [0.25, 0.3) is 16.8 Å². The molecule has 0 aromatic heterocycles. The zero-order valence-electron chi connectivity index (χ0n) is 16.8. The van der Waals surface area contributed by atoms with Crippen molar-refractivity contribution in [3.63, 3.8) is 0 Å². The number of carbonyl (C=O) groups is 3. The van der Waals surface area contributed by atoms with E-state index in [1.54, 1.807) is 25.2 Å². The van der Waals surface area contributed by atoms with E-state index < -0.39 is 11.1 Å². The van der Waals surface area contributed by atoms with Gasteiger partial charge >= 0.3 is 0 Å². The summed E-state index contributed by atoms with van der Waals surface area (Å²) in [4.78, 5) is 40.8. The highest BCUT2D eigenvalue weighted by Crippen LogP contribution is 2.37. The SMILES string of the molecule is COc1ccc2ccc(OC)c(/C=C3\SC(=O)N(CC(=O)N4CCCC4)C3=O)c2c1. The predicted molar refractivity (Wildman–Crippen MR) is 116 cm³/mol. The summed E-state index contributed by atoms with van der Waals surface area (Å²) in [5.74, 6) is 0.605. The molecule has 0 bridgehead atoms. The smallest absolute Gasteiger partial charge is 0.294 e. The van der Waals surface area contributed by atoms with E-state index in [0.29, 0.717) is 30.2 Å². The molecule has 0 atom stereocenters. The largest absolute Gasteiger partial charge is 0.497 e. The van der Waals surface area contributed by atoms with Crippen molar-refractivity contribution in [2.75, 3.05) is 33.9 Å². The average Bonchev–Trinajstić information content (AvgIpc) is 3.38. The van der Waals surface area contributed by atoms with Gasteiger partial charge in [-0.2, -0.15) is 0 Å². The molecule has 0 radical (unpaired) electrons. The molecule has 2 aromatic carbocycles. The molecule has 0 N–H and O–H groups in total. The number of imide groups is 1. The number of carbonyl (C=O) groups excluding carboxylic acids is 3. The Labute approximate surface area is 178 Å². The van der Waals surface area contributed by atoms with Gasteiger partial charge in [-0.15, -0.1) is 0 Å². The van der Waals surface area contributed by atoms with Crippen LogP contribution in [0.5, 0.6) is 11.5 Å². The highest BCUT2D eigenvalue weighted by molar-refractivity contribution is 8.18. The zero-order valence-corrected chi connectivity index (χ0v) is 17.7. The third-order valence-corrected chi connectivity index (χ3v) is 6.26. The van der Waals surface area contributed by atoms with Crippen LogP contribution < -0.4 is 9.47 Å². The summed E-state index contributed by atoms with van der Waals surface area (Å²) in [5, 5.41) is 1.36. The van der Waals surface area contributed by atoms with Crippen molar-refractivity contribution in [2.45, 2.75) is 12.8 Å². The molecule has 3 amide bonds. The molecule has 2 aliphatic heterocycles. The Balaban J connectivity index is 1.67. The molecule has 7 nitrogen and oxygen atoms in total. The number of fused-ring (bicyclic) bond motifs is 1. The molecule has 2 saturated heterocycles. The molecular weight excluding hydrogens is 404 g/mol. The lowest BCUT2D eigenvalue weighted by Crippen LogP contribution is -2.40. The van der Waals surface area contributed by atoms with Crippen molar-refractivity contribution in [3.05, 3.63) is 40.8 Å². The van der Waals surface area contributed by atoms with Crippen molar-refractivity contribution in [3.8, 4) is 11.5 Å². The maximum Gasteiger partial charge on any atom is 0.294 e. The van der Waals surface area contributed by atoms with E-state index in [1.807, 2.05) is 30.3 Å². The summed E-state index contributed by atoms with van der Waals surface area (Å²) in [6, 6.07) is 9.39. The number of hydrogen-bond acceptors (Lipinski definition) is 6. The van der Waals surface area contributed by atoms with Crippen LogP contribution in [0, 0.1) is 0 Å².